The van der Waals surface area contributed by atoms with Crippen LogP contribution in [0, 0.1) is 5.82 Å². The van der Waals surface area contributed by atoms with Crippen molar-refractivity contribution in [1.82, 2.24) is 24.4 Å². The maximum atomic E-state index is 14.7. The number of pyridine rings is 1. The minimum absolute atomic E-state index is 0. The Kier molecular flexibility index (Phi) is 10.8. The number of amides is 1. The van der Waals surface area contributed by atoms with Gasteiger partial charge in [0.2, 0.25) is 11.8 Å². The van der Waals surface area contributed by atoms with Gasteiger partial charge in [-0.05, 0) is 72.8 Å². The molecule has 2 aromatic heterocycles. The second-order valence-electron chi connectivity index (χ2n) is 10.2. The molecule has 40 heavy (non-hydrogen) atoms. The molecule has 4 rings (SSSR count). The van der Waals surface area contributed by atoms with Crippen molar-refractivity contribution in [3.8, 4) is 17.0 Å². The van der Waals surface area contributed by atoms with Gasteiger partial charge in [0.15, 0.2) is 0 Å². The molecule has 1 atom stereocenters. The van der Waals surface area contributed by atoms with E-state index in [4.69, 9.17) is 4.74 Å². The maximum Gasteiger partial charge on any atom is 1.00 e. The van der Waals surface area contributed by atoms with Gasteiger partial charge in [-0.1, -0.05) is 13.8 Å². The molecule has 10 nitrogen and oxygen atoms in total. The molecule has 1 saturated heterocycles. The summed E-state index contributed by atoms with van der Waals surface area (Å²) in [7, 11) is 0.843. The summed E-state index contributed by atoms with van der Waals surface area (Å²) in [5.41, 5.74) is 2.62. The number of likely N-dealkylation sites (N-methyl/N-ethyl adjacent to an activating group) is 1. The predicted molar refractivity (Wildman–Crippen MR) is 148 cm³/mol. The molecule has 1 aliphatic heterocycles. The number of ether oxygens (including phenoxy) is 1. The summed E-state index contributed by atoms with van der Waals surface area (Å²) in [6.45, 7) is 5.18. The number of nitrogens with zero attached hydrogens (tertiary/aromatic N) is 5. The summed E-state index contributed by atoms with van der Waals surface area (Å²) in [6.07, 6.45) is 5.84. The number of hydrogen-bond acceptors (Lipinski definition) is 7. The van der Waals surface area contributed by atoms with Gasteiger partial charge in [0, 0.05) is 32.1 Å². The summed E-state index contributed by atoms with van der Waals surface area (Å²) < 4.78 is 52.4. The van der Waals surface area contributed by atoms with Crippen molar-refractivity contribution < 1.29 is 53.3 Å². The van der Waals surface area contributed by atoms with Crippen molar-refractivity contribution in [2.75, 3.05) is 31.6 Å². The number of hydrogen-bond donors (Lipinski definition) is 1. The Morgan fingerprint density at radius 3 is 2.67 bits per heavy atom. The van der Waals surface area contributed by atoms with Crippen LogP contribution in [-0.2, 0) is 28.5 Å². The summed E-state index contributed by atoms with van der Waals surface area (Å²) in [5, 5.41) is 4.14. The molecule has 0 bridgehead atoms. The first-order chi connectivity index (χ1) is 18.5. The van der Waals surface area contributed by atoms with E-state index in [2.05, 4.69) is 19.7 Å². The normalized spacial score (nSPS) is 15.9. The Hall–Kier alpha value is -2.51. The molecule has 1 amide bonds. The second kappa shape index (κ2) is 13.4. The SMILES string of the molecule is COc1cc(-c2cc(F)cc(C(C)C)c2CC(=O)NS(=O)(=O)N(c2cnn(C)c2)C2CCCN(C)C2)ccn1.[H-].[Na+]. The van der Waals surface area contributed by atoms with Gasteiger partial charge in [0.05, 0.1) is 31.5 Å². The van der Waals surface area contributed by atoms with Gasteiger partial charge in [-0.2, -0.15) is 13.5 Å². The third-order valence-electron chi connectivity index (χ3n) is 6.84. The first kappa shape index (κ1) is 32.0. The largest absolute Gasteiger partial charge is 1.00 e. The molecule has 212 valence electrons. The van der Waals surface area contributed by atoms with Crippen LogP contribution < -0.4 is 43.3 Å². The van der Waals surface area contributed by atoms with Gasteiger partial charge in [-0.15, -0.1) is 0 Å². The predicted octanol–water partition coefficient (Wildman–Crippen LogP) is 0.374. The van der Waals surface area contributed by atoms with Crippen LogP contribution >= 0.6 is 0 Å². The molecule has 0 spiro atoms. The molecule has 13 heteroatoms. The van der Waals surface area contributed by atoms with Gasteiger partial charge < -0.3 is 11.1 Å². The zero-order valence-electron chi connectivity index (χ0n) is 24.9. The first-order valence-corrected chi connectivity index (χ1v) is 14.3. The van der Waals surface area contributed by atoms with E-state index in [1.165, 1.54) is 40.6 Å². The van der Waals surface area contributed by atoms with Crippen LogP contribution in [0.5, 0.6) is 5.88 Å². The molecule has 1 fully saturated rings. The van der Waals surface area contributed by atoms with Crippen molar-refractivity contribution in [3.05, 3.63) is 59.8 Å². The van der Waals surface area contributed by atoms with Crippen LogP contribution in [0.4, 0.5) is 10.1 Å². The Morgan fingerprint density at radius 1 is 1.30 bits per heavy atom. The van der Waals surface area contributed by atoms with Crippen LogP contribution in [0.2, 0.25) is 0 Å². The smallest absolute Gasteiger partial charge is 1.00 e. The molecule has 1 unspecified atom stereocenters. The zero-order chi connectivity index (χ0) is 28.3. The molecule has 1 N–H and O–H groups in total. The number of rotatable bonds is 9. The van der Waals surface area contributed by atoms with Crippen LogP contribution in [0.15, 0.2) is 42.9 Å². The number of nitrogens with one attached hydrogen (secondary N) is 1. The van der Waals surface area contributed by atoms with Crippen molar-refractivity contribution in [2.45, 2.75) is 45.1 Å². The van der Waals surface area contributed by atoms with E-state index in [0.29, 0.717) is 46.8 Å². The molecule has 1 aliphatic rings. The average molecular weight is 583 g/mol. The van der Waals surface area contributed by atoms with Crippen molar-refractivity contribution in [3.63, 3.8) is 0 Å². The Balaban J connectivity index is 0.00000294. The fraction of sp³-hybridized carbons (Fsp3) is 0.444. The van der Waals surface area contributed by atoms with Gasteiger partial charge in [0.1, 0.15) is 5.82 Å². The number of methoxy groups -OCH3 is 1. The molecule has 0 aliphatic carbocycles. The van der Waals surface area contributed by atoms with Gasteiger partial charge in [0.25, 0.3) is 0 Å². The number of likely N-dealkylation sites (tertiary alicyclic amines) is 1. The van der Waals surface area contributed by atoms with Crippen LogP contribution in [0.1, 0.15) is 45.2 Å². The van der Waals surface area contributed by atoms with Gasteiger partial charge in [-0.25, -0.2) is 18.4 Å². The Labute approximate surface area is 258 Å². The fourth-order valence-corrected chi connectivity index (χ4v) is 6.50. The number of carbonyl (C=O) groups is 1. The van der Waals surface area contributed by atoms with E-state index in [1.807, 2.05) is 20.9 Å². The van der Waals surface area contributed by atoms with Crippen molar-refractivity contribution >= 4 is 21.8 Å². The summed E-state index contributed by atoms with van der Waals surface area (Å²) in [6, 6.07) is 5.72. The molecule has 1 aromatic carbocycles. The molecule has 3 aromatic rings. The fourth-order valence-electron chi connectivity index (χ4n) is 5.10. The number of benzene rings is 1. The van der Waals surface area contributed by atoms with E-state index in [1.54, 1.807) is 25.4 Å². The van der Waals surface area contributed by atoms with E-state index in [0.717, 1.165) is 13.0 Å². The van der Waals surface area contributed by atoms with Crippen LogP contribution in [-0.4, -0.2) is 67.3 Å². The van der Waals surface area contributed by atoms with Gasteiger partial charge >= 0.3 is 39.8 Å². The topological polar surface area (TPSA) is 110 Å². The number of aromatic nitrogens is 3. The van der Waals surface area contributed by atoms with Crippen LogP contribution in [0.3, 0.4) is 0 Å². The summed E-state index contributed by atoms with van der Waals surface area (Å²) in [5.74, 6) is -0.952. The van der Waals surface area contributed by atoms with E-state index in [-0.39, 0.29) is 49.4 Å². The first-order valence-electron chi connectivity index (χ1n) is 12.8. The number of aryl methyl sites for hydroxylation is 1. The van der Waals surface area contributed by atoms with E-state index in [9.17, 15) is 17.6 Å². The number of piperidine rings is 1. The van der Waals surface area contributed by atoms with Crippen LogP contribution in [0.25, 0.3) is 11.1 Å². The standard InChI is InChI=1S/C27H35FN6O4S.Na.H/c1-18(2)23-12-20(28)13-24(19-8-9-29-27(11-19)38-5)25(23)14-26(35)31-39(36,37)34(22-15-30-33(4)17-22)21-7-6-10-32(3)16-21;;/h8-9,11-13,15,17-18,21H,6-7,10,14,16H2,1-5H3,(H,31,35);;/q;+1;-1. The number of carbonyl (C=O) groups excluding carboxylic acids is 1. The molecule has 0 radical (unpaired) electrons. The van der Waals surface area contributed by atoms with E-state index < -0.39 is 21.9 Å². The molecular weight excluding hydrogens is 546 g/mol. The number of halogens is 1. The summed E-state index contributed by atoms with van der Waals surface area (Å²) >= 11 is 0. The third kappa shape index (κ3) is 7.41. The Bertz CT molecular complexity index is 1460. The number of anilines is 1. The van der Waals surface area contributed by atoms with E-state index >= 15 is 0 Å². The Morgan fingerprint density at radius 2 is 2.05 bits per heavy atom. The minimum atomic E-state index is -4.28. The molecule has 3 heterocycles. The summed E-state index contributed by atoms with van der Waals surface area (Å²) in [4.78, 5) is 19.6. The van der Waals surface area contributed by atoms with Crippen molar-refractivity contribution in [1.29, 1.82) is 0 Å². The molecular formula is C27H36FN6NaO4S. The minimum Gasteiger partial charge on any atom is -1.00 e. The second-order valence-corrected chi connectivity index (χ2v) is 11.7. The average Bonchev–Trinajstić information content (AvgIpc) is 3.29. The zero-order valence-corrected chi connectivity index (χ0v) is 26.7. The van der Waals surface area contributed by atoms with Gasteiger partial charge in [-0.3, -0.25) is 9.48 Å². The third-order valence-corrected chi connectivity index (χ3v) is 8.35. The molecule has 0 saturated carbocycles. The quantitative estimate of drug-likeness (QED) is 0.363. The monoisotopic (exact) mass is 582 g/mol. The van der Waals surface area contributed by atoms with Crippen molar-refractivity contribution in [2.24, 2.45) is 7.05 Å². The maximum absolute atomic E-state index is 14.7.